The Hall–Kier alpha value is -0.860. The molecule has 16 heavy (non-hydrogen) atoms. The van der Waals surface area contributed by atoms with E-state index < -0.39 is 0 Å². The normalized spacial score (nSPS) is 27.4. The number of hydrogen-bond acceptors (Lipinski definition) is 2. The van der Waals surface area contributed by atoms with E-state index in [1.165, 1.54) is 12.0 Å². The zero-order chi connectivity index (χ0) is 11.5. The smallest absolute Gasteiger partial charge is 0.0333 e. The van der Waals surface area contributed by atoms with Gasteiger partial charge in [-0.1, -0.05) is 44.2 Å². The van der Waals surface area contributed by atoms with Gasteiger partial charge < -0.3 is 11.1 Å². The van der Waals surface area contributed by atoms with E-state index in [0.717, 1.165) is 18.5 Å². The van der Waals surface area contributed by atoms with Gasteiger partial charge in [-0.3, -0.25) is 0 Å². The Bertz CT molecular complexity index is 323. The summed E-state index contributed by atoms with van der Waals surface area (Å²) in [5.41, 5.74) is 7.48. The van der Waals surface area contributed by atoms with Gasteiger partial charge in [0.15, 0.2) is 0 Å². The lowest BCUT2D eigenvalue weighted by Gasteiger charge is -2.20. The average molecular weight is 218 g/mol. The molecule has 0 amide bonds. The summed E-state index contributed by atoms with van der Waals surface area (Å²) in [6.07, 6.45) is 1.33. The minimum atomic E-state index is 0.141. The van der Waals surface area contributed by atoms with Gasteiger partial charge >= 0.3 is 0 Å². The van der Waals surface area contributed by atoms with Crippen molar-refractivity contribution in [3.8, 4) is 0 Å². The Morgan fingerprint density at radius 1 is 1.38 bits per heavy atom. The average Bonchev–Trinajstić information content (AvgIpc) is 3.02. The predicted molar refractivity (Wildman–Crippen MR) is 68.1 cm³/mol. The molecule has 1 aromatic rings. The van der Waals surface area contributed by atoms with E-state index in [1.807, 2.05) is 6.07 Å². The maximum atomic E-state index is 6.24. The fraction of sp³-hybridized carbons (Fsp3) is 0.571. The van der Waals surface area contributed by atoms with E-state index in [2.05, 4.69) is 43.4 Å². The molecular formula is C14H22N2. The van der Waals surface area contributed by atoms with Crippen molar-refractivity contribution in [3.05, 3.63) is 35.9 Å². The summed E-state index contributed by atoms with van der Waals surface area (Å²) < 4.78 is 0. The van der Waals surface area contributed by atoms with E-state index in [0.29, 0.717) is 5.92 Å². The summed E-state index contributed by atoms with van der Waals surface area (Å²) in [6.45, 7) is 5.53. The summed E-state index contributed by atoms with van der Waals surface area (Å²) in [7, 11) is 0. The molecular weight excluding hydrogens is 196 g/mol. The van der Waals surface area contributed by atoms with Crippen molar-refractivity contribution in [1.82, 2.24) is 5.32 Å². The van der Waals surface area contributed by atoms with E-state index in [9.17, 15) is 0 Å². The van der Waals surface area contributed by atoms with Gasteiger partial charge in [-0.05, 0) is 30.4 Å². The second-order valence-corrected chi connectivity index (χ2v) is 5.14. The maximum Gasteiger partial charge on any atom is 0.0333 e. The Kier molecular flexibility index (Phi) is 3.62. The summed E-state index contributed by atoms with van der Waals surface area (Å²) in [5, 5.41) is 3.58. The molecule has 0 radical (unpaired) electrons. The molecule has 2 nitrogen and oxygen atoms in total. The molecule has 0 aromatic heterocycles. The molecule has 0 saturated heterocycles. The highest BCUT2D eigenvalue weighted by atomic mass is 15.0. The predicted octanol–water partition coefficient (Wildman–Crippen LogP) is 2.32. The summed E-state index contributed by atoms with van der Waals surface area (Å²) in [4.78, 5) is 0. The molecule has 0 bridgehead atoms. The summed E-state index contributed by atoms with van der Waals surface area (Å²) in [6, 6.07) is 11.2. The molecule has 0 spiro atoms. The van der Waals surface area contributed by atoms with Crippen LogP contribution in [-0.4, -0.2) is 12.6 Å². The van der Waals surface area contributed by atoms with Gasteiger partial charge in [0.2, 0.25) is 0 Å². The van der Waals surface area contributed by atoms with Gasteiger partial charge in [0.1, 0.15) is 0 Å². The lowest BCUT2D eigenvalue weighted by atomic mass is 9.95. The van der Waals surface area contributed by atoms with Crippen molar-refractivity contribution in [1.29, 1.82) is 0 Å². The maximum absolute atomic E-state index is 6.24. The number of benzene rings is 1. The van der Waals surface area contributed by atoms with Crippen LogP contribution in [0, 0.1) is 11.8 Å². The third-order valence-electron chi connectivity index (χ3n) is 3.61. The van der Waals surface area contributed by atoms with Gasteiger partial charge in [0.25, 0.3) is 0 Å². The van der Waals surface area contributed by atoms with Crippen molar-refractivity contribution >= 4 is 0 Å². The summed E-state index contributed by atoms with van der Waals surface area (Å²) in [5.74, 6) is 1.34. The molecule has 1 aromatic carbocycles. The highest BCUT2D eigenvalue weighted by Crippen LogP contribution is 2.29. The van der Waals surface area contributed by atoms with E-state index in [1.54, 1.807) is 0 Å². The van der Waals surface area contributed by atoms with Gasteiger partial charge in [-0.25, -0.2) is 0 Å². The van der Waals surface area contributed by atoms with Crippen LogP contribution in [0.1, 0.15) is 31.9 Å². The van der Waals surface area contributed by atoms with Crippen molar-refractivity contribution < 1.29 is 0 Å². The van der Waals surface area contributed by atoms with Crippen molar-refractivity contribution in [2.24, 2.45) is 17.6 Å². The molecule has 3 N–H and O–H groups in total. The number of rotatable bonds is 5. The van der Waals surface area contributed by atoms with E-state index >= 15 is 0 Å². The van der Waals surface area contributed by atoms with Crippen LogP contribution in [0.3, 0.4) is 0 Å². The molecule has 1 aliphatic carbocycles. The van der Waals surface area contributed by atoms with Crippen LogP contribution in [0.5, 0.6) is 0 Å². The van der Waals surface area contributed by atoms with E-state index in [4.69, 9.17) is 5.73 Å². The van der Waals surface area contributed by atoms with Crippen molar-refractivity contribution in [2.75, 3.05) is 6.54 Å². The number of nitrogens with two attached hydrogens (primary N) is 1. The molecule has 1 saturated carbocycles. The van der Waals surface area contributed by atoms with Crippen LogP contribution < -0.4 is 11.1 Å². The zero-order valence-electron chi connectivity index (χ0n) is 10.2. The van der Waals surface area contributed by atoms with Crippen molar-refractivity contribution in [3.63, 3.8) is 0 Å². The quantitative estimate of drug-likeness (QED) is 0.796. The molecule has 2 heteroatoms. The van der Waals surface area contributed by atoms with Gasteiger partial charge in [0, 0.05) is 12.1 Å². The Labute approximate surface area is 98.2 Å². The largest absolute Gasteiger partial charge is 0.324 e. The minimum Gasteiger partial charge on any atom is -0.324 e. The molecule has 4 unspecified atom stereocenters. The van der Waals surface area contributed by atoms with Crippen LogP contribution in [0.2, 0.25) is 0 Å². The Balaban J connectivity index is 1.82. The van der Waals surface area contributed by atoms with Crippen LogP contribution in [-0.2, 0) is 0 Å². The number of hydrogen-bond donors (Lipinski definition) is 2. The second-order valence-electron chi connectivity index (χ2n) is 5.14. The third-order valence-corrected chi connectivity index (χ3v) is 3.61. The fourth-order valence-corrected chi connectivity index (χ4v) is 2.07. The van der Waals surface area contributed by atoms with Gasteiger partial charge in [-0.15, -0.1) is 0 Å². The minimum absolute atomic E-state index is 0.141. The summed E-state index contributed by atoms with van der Waals surface area (Å²) >= 11 is 0. The zero-order valence-corrected chi connectivity index (χ0v) is 10.2. The van der Waals surface area contributed by atoms with E-state index in [-0.39, 0.29) is 6.04 Å². The first-order chi connectivity index (χ1) is 7.68. The molecule has 88 valence electrons. The molecule has 0 aliphatic heterocycles. The van der Waals surface area contributed by atoms with Crippen LogP contribution in [0.4, 0.5) is 0 Å². The molecule has 4 atom stereocenters. The first-order valence-electron chi connectivity index (χ1n) is 6.22. The molecule has 1 aliphatic rings. The SMILES string of the molecule is CC1CC1NCC(C)C(N)c1ccccc1. The lowest BCUT2D eigenvalue weighted by molar-refractivity contribution is 0.429. The molecule has 2 rings (SSSR count). The highest BCUT2D eigenvalue weighted by Gasteiger charge is 2.32. The van der Waals surface area contributed by atoms with Crippen molar-refractivity contribution in [2.45, 2.75) is 32.4 Å². The van der Waals surface area contributed by atoms with Gasteiger partial charge in [-0.2, -0.15) is 0 Å². The third kappa shape index (κ3) is 2.83. The molecule has 1 fully saturated rings. The monoisotopic (exact) mass is 218 g/mol. The fourth-order valence-electron chi connectivity index (χ4n) is 2.07. The van der Waals surface area contributed by atoms with Crippen LogP contribution in [0.15, 0.2) is 30.3 Å². The second kappa shape index (κ2) is 4.98. The highest BCUT2D eigenvalue weighted by molar-refractivity contribution is 5.19. The number of nitrogens with one attached hydrogen (secondary N) is 1. The Morgan fingerprint density at radius 2 is 2.00 bits per heavy atom. The van der Waals surface area contributed by atoms with Crippen LogP contribution >= 0.6 is 0 Å². The Morgan fingerprint density at radius 3 is 2.56 bits per heavy atom. The molecule has 0 heterocycles. The lowest BCUT2D eigenvalue weighted by Crippen LogP contribution is -2.31. The first kappa shape index (κ1) is 11.6. The van der Waals surface area contributed by atoms with Gasteiger partial charge in [0.05, 0.1) is 0 Å². The van der Waals surface area contributed by atoms with Crippen LogP contribution in [0.25, 0.3) is 0 Å². The standard InChI is InChI=1S/C14H22N2/c1-10-8-13(10)16-9-11(2)14(15)12-6-4-3-5-7-12/h3-7,10-11,13-14,16H,8-9,15H2,1-2H3. The topological polar surface area (TPSA) is 38.0 Å². The first-order valence-corrected chi connectivity index (χ1v) is 6.22.